The molecule has 1 saturated heterocycles. The van der Waals surface area contributed by atoms with Crippen LogP contribution < -0.4 is 4.90 Å². The molecule has 3 rings (SSSR count). The number of Topliss-reactive ketones (excluding diaryl/α,β-unsaturated/α-hetero) is 1. The predicted molar refractivity (Wildman–Crippen MR) is 103 cm³/mol. The zero-order chi connectivity index (χ0) is 18.0. The van der Waals surface area contributed by atoms with Crippen molar-refractivity contribution >= 4 is 5.78 Å². The van der Waals surface area contributed by atoms with Crippen molar-refractivity contribution in [2.45, 2.75) is 53.4 Å². The smallest absolute Gasteiger partial charge is 0.218 e. The summed E-state index contributed by atoms with van der Waals surface area (Å²) in [6.45, 7) is 11.4. The molecular weight excluding hydrogens is 308 g/mol. The average molecular weight is 340 g/mol. The van der Waals surface area contributed by atoms with Gasteiger partial charge in [0.1, 0.15) is 6.54 Å². The van der Waals surface area contributed by atoms with Gasteiger partial charge in [-0.1, -0.05) is 6.07 Å². The highest BCUT2D eigenvalue weighted by molar-refractivity contribution is 5.98. The summed E-state index contributed by atoms with van der Waals surface area (Å²) in [6.07, 6.45) is 5.15. The fourth-order valence-corrected chi connectivity index (χ4v) is 4.03. The van der Waals surface area contributed by atoms with Gasteiger partial charge in [0.15, 0.2) is 0 Å². The van der Waals surface area contributed by atoms with Gasteiger partial charge in [-0.25, -0.2) is 0 Å². The van der Waals surface area contributed by atoms with E-state index < -0.39 is 0 Å². The Morgan fingerprint density at radius 1 is 0.960 bits per heavy atom. The molecule has 1 fully saturated rings. The molecule has 25 heavy (non-hydrogen) atoms. The van der Waals surface area contributed by atoms with Crippen molar-refractivity contribution in [2.24, 2.45) is 0 Å². The van der Waals surface area contributed by atoms with Crippen LogP contribution in [-0.4, -0.2) is 30.0 Å². The van der Waals surface area contributed by atoms with Crippen molar-refractivity contribution in [1.82, 2.24) is 4.57 Å². The molecular formula is C22H31N2O+. The molecule has 0 unspecified atom stereocenters. The molecule has 0 aliphatic carbocycles. The molecule has 0 radical (unpaired) electrons. The van der Waals surface area contributed by atoms with Crippen molar-refractivity contribution < 1.29 is 9.69 Å². The molecule has 3 nitrogen and oxygen atoms in total. The van der Waals surface area contributed by atoms with Gasteiger partial charge in [-0.15, -0.1) is 0 Å². The molecule has 0 saturated carbocycles. The standard InChI is InChI=1S/C22H30N2O/c1-16-9-10-20(13-17(16)2)24-18(3)14-21(19(24)4)22(25)15-23-11-7-5-6-8-12-23/h9-10,13-14H,5-8,11-12,15H2,1-4H3/p+1. The van der Waals surface area contributed by atoms with Crippen LogP contribution in [0.25, 0.3) is 5.69 Å². The number of quaternary nitrogens is 1. The normalized spacial score (nSPS) is 16.0. The molecule has 2 aromatic rings. The topological polar surface area (TPSA) is 26.4 Å². The fourth-order valence-electron chi connectivity index (χ4n) is 4.03. The molecule has 134 valence electrons. The molecule has 1 aliphatic rings. The van der Waals surface area contributed by atoms with Crippen molar-refractivity contribution in [3.63, 3.8) is 0 Å². The van der Waals surface area contributed by atoms with E-state index in [4.69, 9.17) is 0 Å². The third-order valence-corrected chi connectivity index (χ3v) is 5.70. The summed E-state index contributed by atoms with van der Waals surface area (Å²) >= 11 is 0. The van der Waals surface area contributed by atoms with Crippen LogP contribution in [0.1, 0.15) is 58.6 Å². The Balaban J connectivity index is 1.85. The average Bonchev–Trinajstić information content (AvgIpc) is 2.75. The number of hydrogen-bond donors (Lipinski definition) is 1. The van der Waals surface area contributed by atoms with Crippen molar-refractivity contribution in [2.75, 3.05) is 19.6 Å². The number of hydrogen-bond acceptors (Lipinski definition) is 1. The van der Waals surface area contributed by atoms with Crippen molar-refractivity contribution in [3.8, 4) is 5.69 Å². The number of aromatic nitrogens is 1. The second-order valence-electron chi connectivity index (χ2n) is 7.65. The highest BCUT2D eigenvalue weighted by Gasteiger charge is 2.22. The van der Waals surface area contributed by atoms with Crippen LogP contribution in [0.3, 0.4) is 0 Å². The number of aryl methyl sites for hydroxylation is 3. The van der Waals surface area contributed by atoms with E-state index in [0.717, 1.165) is 35.7 Å². The molecule has 1 N–H and O–H groups in total. The van der Waals surface area contributed by atoms with Gasteiger partial charge in [0, 0.05) is 22.6 Å². The molecule has 0 spiro atoms. The number of carbonyl (C=O) groups is 1. The summed E-state index contributed by atoms with van der Waals surface area (Å²) in [5, 5.41) is 0. The van der Waals surface area contributed by atoms with Crippen LogP contribution in [0, 0.1) is 27.7 Å². The summed E-state index contributed by atoms with van der Waals surface area (Å²) in [5.74, 6) is 0.292. The Bertz CT molecular complexity index is 765. The zero-order valence-electron chi connectivity index (χ0n) is 16.1. The van der Waals surface area contributed by atoms with Gasteiger partial charge in [-0.3, -0.25) is 4.79 Å². The predicted octanol–water partition coefficient (Wildman–Crippen LogP) is 3.35. The van der Waals surface area contributed by atoms with Crippen LogP contribution in [-0.2, 0) is 0 Å². The second kappa shape index (κ2) is 7.57. The lowest BCUT2D eigenvalue weighted by Crippen LogP contribution is -3.12. The molecule has 0 bridgehead atoms. The van der Waals surface area contributed by atoms with E-state index in [-0.39, 0.29) is 0 Å². The van der Waals surface area contributed by atoms with E-state index in [9.17, 15) is 4.79 Å². The molecule has 2 heterocycles. The number of likely N-dealkylation sites (tertiary alicyclic amines) is 1. The van der Waals surface area contributed by atoms with Gasteiger partial charge in [-0.05, 0) is 82.7 Å². The summed E-state index contributed by atoms with van der Waals surface area (Å²) in [5.41, 5.74) is 6.83. The lowest BCUT2D eigenvalue weighted by atomic mass is 10.1. The first-order valence-corrected chi connectivity index (χ1v) is 9.60. The second-order valence-corrected chi connectivity index (χ2v) is 7.65. The molecule has 0 atom stereocenters. The van der Waals surface area contributed by atoms with Crippen LogP contribution >= 0.6 is 0 Å². The number of carbonyl (C=O) groups excluding carboxylic acids is 1. The Morgan fingerprint density at radius 3 is 2.28 bits per heavy atom. The van der Waals surface area contributed by atoms with Gasteiger partial charge >= 0.3 is 0 Å². The quantitative estimate of drug-likeness (QED) is 0.850. The van der Waals surface area contributed by atoms with Gasteiger partial charge in [0.25, 0.3) is 0 Å². The number of ketones is 1. The third-order valence-electron chi connectivity index (χ3n) is 5.70. The monoisotopic (exact) mass is 339 g/mol. The minimum atomic E-state index is 0.292. The minimum absolute atomic E-state index is 0.292. The van der Waals surface area contributed by atoms with Crippen LogP contribution in [0.4, 0.5) is 0 Å². The van der Waals surface area contributed by atoms with E-state index in [0.29, 0.717) is 12.3 Å². The van der Waals surface area contributed by atoms with Crippen LogP contribution in [0.5, 0.6) is 0 Å². The highest BCUT2D eigenvalue weighted by atomic mass is 16.1. The maximum atomic E-state index is 12.9. The fraction of sp³-hybridized carbons (Fsp3) is 0.500. The van der Waals surface area contributed by atoms with E-state index in [1.807, 2.05) is 0 Å². The number of rotatable bonds is 4. The first-order chi connectivity index (χ1) is 12.0. The Morgan fingerprint density at radius 2 is 1.64 bits per heavy atom. The lowest BCUT2D eigenvalue weighted by molar-refractivity contribution is -0.890. The van der Waals surface area contributed by atoms with Crippen molar-refractivity contribution in [1.29, 1.82) is 0 Å². The summed E-state index contributed by atoms with van der Waals surface area (Å²) in [6, 6.07) is 8.59. The largest absolute Gasteiger partial charge is 0.328 e. The maximum Gasteiger partial charge on any atom is 0.218 e. The Hall–Kier alpha value is -1.87. The zero-order valence-corrected chi connectivity index (χ0v) is 16.1. The summed E-state index contributed by atoms with van der Waals surface area (Å²) in [4.78, 5) is 14.4. The number of nitrogens with zero attached hydrogens (tertiary/aromatic N) is 1. The van der Waals surface area contributed by atoms with E-state index in [1.165, 1.54) is 41.7 Å². The van der Waals surface area contributed by atoms with Crippen LogP contribution in [0.2, 0.25) is 0 Å². The molecule has 0 amide bonds. The first kappa shape index (κ1) is 17.9. The van der Waals surface area contributed by atoms with E-state index >= 15 is 0 Å². The molecule has 1 aromatic carbocycles. The van der Waals surface area contributed by atoms with E-state index in [1.54, 1.807) is 0 Å². The third kappa shape index (κ3) is 3.87. The summed E-state index contributed by atoms with van der Waals surface area (Å²) in [7, 11) is 0. The van der Waals surface area contributed by atoms with Gasteiger partial charge in [0.2, 0.25) is 5.78 Å². The first-order valence-electron chi connectivity index (χ1n) is 9.60. The van der Waals surface area contributed by atoms with E-state index in [2.05, 4.69) is 56.5 Å². The molecule has 1 aliphatic heterocycles. The lowest BCUT2D eigenvalue weighted by Gasteiger charge is -2.16. The molecule has 1 aromatic heterocycles. The number of benzene rings is 1. The van der Waals surface area contributed by atoms with Gasteiger partial charge < -0.3 is 9.47 Å². The Kier molecular flexibility index (Phi) is 5.43. The number of nitrogens with one attached hydrogen (secondary N) is 1. The Labute approximate surface area is 151 Å². The minimum Gasteiger partial charge on any atom is -0.328 e. The van der Waals surface area contributed by atoms with Crippen molar-refractivity contribution in [3.05, 3.63) is 52.3 Å². The SMILES string of the molecule is Cc1ccc(-n2c(C)cc(C(=O)C[NH+]3CCCCCC3)c2C)cc1C. The van der Waals surface area contributed by atoms with Gasteiger partial charge in [-0.2, -0.15) is 0 Å². The summed E-state index contributed by atoms with van der Waals surface area (Å²) < 4.78 is 2.22. The maximum absolute atomic E-state index is 12.9. The highest BCUT2D eigenvalue weighted by Crippen LogP contribution is 2.22. The van der Waals surface area contributed by atoms with Gasteiger partial charge in [0.05, 0.1) is 13.1 Å². The molecule has 3 heteroatoms. The van der Waals surface area contributed by atoms with Crippen LogP contribution in [0.15, 0.2) is 24.3 Å².